The van der Waals surface area contributed by atoms with E-state index in [1.165, 1.54) is 6.07 Å². The molecule has 5 heteroatoms. The number of hydrogen-bond donors (Lipinski definition) is 1. The van der Waals surface area contributed by atoms with Gasteiger partial charge in [0.05, 0.1) is 9.26 Å². The normalized spacial score (nSPS) is 10.1. The van der Waals surface area contributed by atoms with Crippen LogP contribution < -0.4 is 4.74 Å². The Morgan fingerprint density at radius 1 is 1.22 bits per heavy atom. The number of halogens is 1. The van der Waals surface area contributed by atoms with Crippen molar-refractivity contribution in [3.05, 3.63) is 57.4 Å². The summed E-state index contributed by atoms with van der Waals surface area (Å²) in [5.74, 6) is -0.272. The minimum Gasteiger partial charge on any atom is -0.486 e. The van der Waals surface area contributed by atoms with Gasteiger partial charge in [-0.05, 0) is 46.9 Å². The highest BCUT2D eigenvalue weighted by Crippen LogP contribution is 2.20. The van der Waals surface area contributed by atoms with Gasteiger partial charge in [0.2, 0.25) is 0 Å². The molecule has 0 aliphatic carbocycles. The Kier molecular flexibility index (Phi) is 4.14. The smallest absolute Gasteiger partial charge is 0.354 e. The monoisotopic (exact) mass is 355 g/mol. The molecule has 0 aliphatic rings. The fraction of sp³-hybridized carbons (Fsp3) is 0.0769. The topological polar surface area (TPSA) is 59.4 Å². The van der Waals surface area contributed by atoms with Crippen molar-refractivity contribution < 1.29 is 14.6 Å². The van der Waals surface area contributed by atoms with Crippen LogP contribution in [0.15, 0.2) is 42.5 Å². The van der Waals surface area contributed by atoms with E-state index in [4.69, 9.17) is 9.84 Å². The molecule has 2 aromatic rings. The van der Waals surface area contributed by atoms with Crippen molar-refractivity contribution in [2.75, 3.05) is 0 Å². The number of nitrogens with zero attached hydrogens (tertiary/aromatic N) is 1. The summed E-state index contributed by atoms with van der Waals surface area (Å²) in [5, 5.41) is 8.83. The second-order valence-electron chi connectivity index (χ2n) is 3.54. The lowest BCUT2D eigenvalue weighted by molar-refractivity contribution is 0.0690. The van der Waals surface area contributed by atoms with E-state index in [2.05, 4.69) is 27.6 Å². The second-order valence-corrected chi connectivity index (χ2v) is 4.70. The van der Waals surface area contributed by atoms with Gasteiger partial charge in [-0.2, -0.15) is 0 Å². The highest BCUT2D eigenvalue weighted by molar-refractivity contribution is 14.1. The van der Waals surface area contributed by atoms with Crippen molar-refractivity contribution in [3.8, 4) is 5.75 Å². The molecule has 0 fully saturated rings. The zero-order valence-corrected chi connectivity index (χ0v) is 11.5. The summed E-state index contributed by atoms with van der Waals surface area (Å²) in [6, 6.07) is 12.5. The van der Waals surface area contributed by atoms with Crippen LogP contribution in [0, 0.1) is 3.57 Å². The van der Waals surface area contributed by atoms with Gasteiger partial charge in [0.1, 0.15) is 18.1 Å². The van der Waals surface area contributed by atoms with Crippen molar-refractivity contribution in [2.24, 2.45) is 0 Å². The molecule has 0 spiro atoms. The summed E-state index contributed by atoms with van der Waals surface area (Å²) in [5.41, 5.74) is 0.619. The largest absolute Gasteiger partial charge is 0.486 e. The van der Waals surface area contributed by atoms with Crippen LogP contribution in [0.1, 0.15) is 16.2 Å². The molecule has 1 N–H and O–H groups in total. The van der Waals surface area contributed by atoms with Gasteiger partial charge in [-0.15, -0.1) is 0 Å². The summed E-state index contributed by atoms with van der Waals surface area (Å²) in [4.78, 5) is 14.8. The first kappa shape index (κ1) is 12.8. The molecule has 0 bridgehead atoms. The van der Waals surface area contributed by atoms with Crippen molar-refractivity contribution in [3.63, 3.8) is 0 Å². The van der Waals surface area contributed by atoms with E-state index in [1.807, 2.05) is 24.3 Å². The number of benzene rings is 1. The highest BCUT2D eigenvalue weighted by atomic mass is 127. The lowest BCUT2D eigenvalue weighted by atomic mass is 10.3. The van der Waals surface area contributed by atoms with E-state index >= 15 is 0 Å². The number of pyridine rings is 1. The summed E-state index contributed by atoms with van der Waals surface area (Å²) < 4.78 is 6.60. The van der Waals surface area contributed by atoms with Gasteiger partial charge < -0.3 is 9.84 Å². The lowest BCUT2D eigenvalue weighted by Crippen LogP contribution is -2.05. The SMILES string of the molecule is O=C(O)c1cccc(COc2ccccc2I)n1. The van der Waals surface area contributed by atoms with Crippen LogP contribution >= 0.6 is 22.6 Å². The fourth-order valence-corrected chi connectivity index (χ4v) is 1.94. The molecule has 0 unspecified atom stereocenters. The van der Waals surface area contributed by atoms with E-state index in [0.717, 1.165) is 9.32 Å². The van der Waals surface area contributed by atoms with Crippen LogP contribution in [-0.2, 0) is 6.61 Å². The Morgan fingerprint density at radius 2 is 2.00 bits per heavy atom. The second kappa shape index (κ2) is 5.81. The Labute approximate surface area is 118 Å². The number of aromatic nitrogens is 1. The molecule has 1 aromatic heterocycles. The average Bonchev–Trinajstić information content (AvgIpc) is 2.38. The number of carbonyl (C=O) groups is 1. The van der Waals surface area contributed by atoms with Gasteiger partial charge in [0.25, 0.3) is 0 Å². The van der Waals surface area contributed by atoms with Crippen LogP contribution in [0.2, 0.25) is 0 Å². The quantitative estimate of drug-likeness (QED) is 0.857. The van der Waals surface area contributed by atoms with Gasteiger partial charge in [-0.1, -0.05) is 18.2 Å². The van der Waals surface area contributed by atoms with Crippen molar-refractivity contribution >= 4 is 28.6 Å². The Hall–Kier alpha value is -1.63. The molecule has 0 saturated carbocycles. The average molecular weight is 355 g/mol. The zero-order chi connectivity index (χ0) is 13.0. The lowest BCUT2D eigenvalue weighted by Gasteiger charge is -2.07. The summed E-state index contributed by atoms with van der Waals surface area (Å²) in [6.45, 7) is 0.251. The molecular formula is C13H10INO3. The number of para-hydroxylation sites is 1. The van der Waals surface area contributed by atoms with E-state index in [-0.39, 0.29) is 12.3 Å². The summed E-state index contributed by atoms with van der Waals surface area (Å²) in [6.07, 6.45) is 0. The number of aromatic carboxylic acids is 1. The summed E-state index contributed by atoms with van der Waals surface area (Å²) in [7, 11) is 0. The van der Waals surface area contributed by atoms with Gasteiger partial charge in [-0.3, -0.25) is 0 Å². The number of ether oxygens (including phenoxy) is 1. The number of carboxylic acid groups (broad SMARTS) is 1. The van der Waals surface area contributed by atoms with Gasteiger partial charge in [0.15, 0.2) is 0 Å². The molecule has 0 amide bonds. The third-order valence-electron chi connectivity index (χ3n) is 2.24. The highest BCUT2D eigenvalue weighted by Gasteiger charge is 2.06. The maximum Gasteiger partial charge on any atom is 0.354 e. The summed E-state index contributed by atoms with van der Waals surface area (Å²) >= 11 is 2.18. The maximum absolute atomic E-state index is 10.8. The molecule has 4 nitrogen and oxygen atoms in total. The fourth-order valence-electron chi connectivity index (χ4n) is 1.39. The molecule has 0 radical (unpaired) electrons. The third kappa shape index (κ3) is 3.19. The molecular weight excluding hydrogens is 345 g/mol. The number of carboxylic acids is 1. The van der Waals surface area contributed by atoms with E-state index in [1.54, 1.807) is 12.1 Å². The third-order valence-corrected chi connectivity index (χ3v) is 3.13. The Morgan fingerprint density at radius 3 is 2.72 bits per heavy atom. The molecule has 2 rings (SSSR count). The Balaban J connectivity index is 2.09. The molecule has 18 heavy (non-hydrogen) atoms. The van der Waals surface area contributed by atoms with Crippen molar-refractivity contribution in [2.45, 2.75) is 6.61 Å². The van der Waals surface area contributed by atoms with Crippen LogP contribution in [0.3, 0.4) is 0 Å². The molecule has 1 heterocycles. The van der Waals surface area contributed by atoms with Crippen LogP contribution in [-0.4, -0.2) is 16.1 Å². The van der Waals surface area contributed by atoms with E-state index < -0.39 is 5.97 Å². The maximum atomic E-state index is 10.8. The van der Waals surface area contributed by atoms with Gasteiger partial charge >= 0.3 is 5.97 Å². The minimum absolute atomic E-state index is 0.0267. The first-order valence-corrected chi connectivity index (χ1v) is 6.31. The molecule has 0 saturated heterocycles. The van der Waals surface area contributed by atoms with Crippen LogP contribution in [0.25, 0.3) is 0 Å². The van der Waals surface area contributed by atoms with E-state index in [9.17, 15) is 4.79 Å². The molecule has 1 aromatic carbocycles. The minimum atomic E-state index is -1.04. The predicted molar refractivity (Wildman–Crippen MR) is 74.7 cm³/mol. The predicted octanol–water partition coefficient (Wildman–Crippen LogP) is 2.96. The van der Waals surface area contributed by atoms with Gasteiger partial charge in [-0.25, -0.2) is 9.78 Å². The first-order valence-electron chi connectivity index (χ1n) is 5.23. The molecule has 0 atom stereocenters. The van der Waals surface area contributed by atoms with Crippen molar-refractivity contribution in [1.29, 1.82) is 0 Å². The van der Waals surface area contributed by atoms with E-state index in [0.29, 0.717) is 5.69 Å². The first-order chi connectivity index (χ1) is 8.66. The van der Waals surface area contributed by atoms with Crippen molar-refractivity contribution in [1.82, 2.24) is 4.98 Å². The van der Waals surface area contributed by atoms with Crippen LogP contribution in [0.4, 0.5) is 0 Å². The zero-order valence-electron chi connectivity index (χ0n) is 9.34. The molecule has 0 aliphatic heterocycles. The van der Waals surface area contributed by atoms with Gasteiger partial charge in [0, 0.05) is 0 Å². The Bertz CT molecular complexity index is 572. The molecule has 92 valence electrons. The number of hydrogen-bond acceptors (Lipinski definition) is 3. The van der Waals surface area contributed by atoms with Crippen LogP contribution in [0.5, 0.6) is 5.75 Å². The standard InChI is InChI=1S/C13H10INO3/c14-10-5-1-2-7-12(10)18-8-9-4-3-6-11(15-9)13(16)17/h1-7H,8H2,(H,16,17). The number of rotatable bonds is 4.